The summed E-state index contributed by atoms with van der Waals surface area (Å²) in [5.74, 6) is 1.57. The van der Waals surface area contributed by atoms with Gasteiger partial charge in [-0.3, -0.25) is 4.79 Å². The Hall–Kier alpha value is -1.75. The molecule has 0 spiro atoms. The summed E-state index contributed by atoms with van der Waals surface area (Å²) in [7, 11) is 3.25. The van der Waals surface area contributed by atoms with Gasteiger partial charge < -0.3 is 19.7 Å². The van der Waals surface area contributed by atoms with Crippen LogP contribution in [0.4, 0.5) is 0 Å². The minimum atomic E-state index is 0.0777. The fraction of sp³-hybridized carbons (Fsp3) is 0.588. The number of hydrogen-bond donors (Lipinski definition) is 1. The van der Waals surface area contributed by atoms with Gasteiger partial charge in [0.05, 0.1) is 14.2 Å². The Kier molecular flexibility index (Phi) is 8.36. The van der Waals surface area contributed by atoms with Gasteiger partial charge in [-0.1, -0.05) is 13.8 Å². The van der Waals surface area contributed by atoms with Crippen molar-refractivity contribution in [3.05, 3.63) is 23.8 Å². The summed E-state index contributed by atoms with van der Waals surface area (Å²) in [6, 6.07) is 5.70. The van der Waals surface area contributed by atoms with Gasteiger partial charge in [-0.25, -0.2) is 0 Å². The SMILES string of the molecule is CCN(CC)CCNC(=O)CCc1cc(OC)cc(OC)c1. The second-order valence-corrected chi connectivity index (χ2v) is 5.10. The number of amides is 1. The summed E-state index contributed by atoms with van der Waals surface area (Å²) in [5, 5.41) is 2.97. The number of methoxy groups -OCH3 is 2. The number of carbonyl (C=O) groups is 1. The third kappa shape index (κ3) is 6.35. The van der Waals surface area contributed by atoms with Crippen molar-refractivity contribution in [3.63, 3.8) is 0 Å². The van der Waals surface area contributed by atoms with E-state index >= 15 is 0 Å². The minimum Gasteiger partial charge on any atom is -0.497 e. The van der Waals surface area contributed by atoms with Crippen LogP contribution in [0.1, 0.15) is 25.8 Å². The average molecular weight is 308 g/mol. The molecule has 0 aliphatic rings. The van der Waals surface area contributed by atoms with Crippen LogP contribution in [0.3, 0.4) is 0 Å². The first-order chi connectivity index (χ1) is 10.6. The van der Waals surface area contributed by atoms with Crippen LogP contribution < -0.4 is 14.8 Å². The van der Waals surface area contributed by atoms with Gasteiger partial charge >= 0.3 is 0 Å². The topological polar surface area (TPSA) is 50.8 Å². The third-order valence-electron chi connectivity index (χ3n) is 3.70. The number of likely N-dealkylation sites (N-methyl/N-ethyl adjacent to an activating group) is 1. The Morgan fingerprint density at radius 2 is 1.68 bits per heavy atom. The Labute approximate surface area is 133 Å². The standard InChI is InChI=1S/C17H28N2O3/c1-5-19(6-2)10-9-18-17(20)8-7-14-11-15(21-3)13-16(12-14)22-4/h11-13H,5-10H2,1-4H3,(H,18,20). The molecule has 0 heterocycles. The highest BCUT2D eigenvalue weighted by Gasteiger charge is 2.06. The molecule has 0 atom stereocenters. The smallest absolute Gasteiger partial charge is 0.220 e. The minimum absolute atomic E-state index is 0.0777. The molecule has 0 aliphatic carbocycles. The number of benzene rings is 1. The zero-order chi connectivity index (χ0) is 16.4. The highest BCUT2D eigenvalue weighted by Crippen LogP contribution is 2.23. The molecule has 5 nitrogen and oxygen atoms in total. The summed E-state index contributed by atoms with van der Waals surface area (Å²) in [6.45, 7) is 7.86. The van der Waals surface area contributed by atoms with E-state index in [-0.39, 0.29) is 5.91 Å². The number of aryl methyl sites for hydroxylation is 1. The molecule has 1 rings (SSSR count). The lowest BCUT2D eigenvalue weighted by atomic mass is 10.1. The molecule has 0 unspecified atom stereocenters. The second kappa shape index (κ2) is 10.1. The van der Waals surface area contributed by atoms with Gasteiger partial charge in [-0.2, -0.15) is 0 Å². The average Bonchev–Trinajstić information content (AvgIpc) is 2.56. The molecule has 1 aromatic carbocycles. The van der Waals surface area contributed by atoms with E-state index in [0.29, 0.717) is 19.4 Å². The van der Waals surface area contributed by atoms with Gasteiger partial charge in [0, 0.05) is 25.6 Å². The number of rotatable bonds is 10. The molecular formula is C17H28N2O3. The van der Waals surface area contributed by atoms with Crippen molar-refractivity contribution in [2.75, 3.05) is 40.4 Å². The molecule has 0 saturated carbocycles. The van der Waals surface area contributed by atoms with Gasteiger partial charge in [0.2, 0.25) is 5.91 Å². The molecule has 22 heavy (non-hydrogen) atoms. The van der Waals surface area contributed by atoms with E-state index in [2.05, 4.69) is 24.1 Å². The lowest BCUT2D eigenvalue weighted by Gasteiger charge is -2.17. The first-order valence-corrected chi connectivity index (χ1v) is 7.83. The van der Waals surface area contributed by atoms with E-state index < -0.39 is 0 Å². The molecule has 0 fully saturated rings. The molecule has 0 saturated heterocycles. The van der Waals surface area contributed by atoms with Crippen LogP contribution in [-0.4, -0.2) is 51.2 Å². The molecule has 1 N–H and O–H groups in total. The van der Waals surface area contributed by atoms with Crippen LogP contribution in [-0.2, 0) is 11.2 Å². The first kappa shape index (κ1) is 18.3. The normalized spacial score (nSPS) is 10.6. The predicted molar refractivity (Wildman–Crippen MR) is 88.7 cm³/mol. The van der Waals surface area contributed by atoms with E-state index in [9.17, 15) is 4.79 Å². The summed E-state index contributed by atoms with van der Waals surface area (Å²) in [4.78, 5) is 14.2. The Morgan fingerprint density at radius 3 is 2.18 bits per heavy atom. The Bertz CT molecular complexity index is 437. The van der Waals surface area contributed by atoms with E-state index in [0.717, 1.165) is 36.7 Å². The van der Waals surface area contributed by atoms with Gasteiger partial charge in [-0.05, 0) is 37.2 Å². The van der Waals surface area contributed by atoms with Crippen molar-refractivity contribution in [1.82, 2.24) is 10.2 Å². The van der Waals surface area contributed by atoms with Crippen molar-refractivity contribution in [2.45, 2.75) is 26.7 Å². The Morgan fingerprint density at radius 1 is 1.09 bits per heavy atom. The van der Waals surface area contributed by atoms with Crippen LogP contribution in [0.2, 0.25) is 0 Å². The zero-order valence-corrected chi connectivity index (χ0v) is 14.1. The van der Waals surface area contributed by atoms with Crippen molar-refractivity contribution < 1.29 is 14.3 Å². The maximum atomic E-state index is 11.9. The molecule has 0 bridgehead atoms. The van der Waals surface area contributed by atoms with Gasteiger partial charge in [0.1, 0.15) is 11.5 Å². The predicted octanol–water partition coefficient (Wildman–Crippen LogP) is 2.09. The molecule has 124 valence electrons. The maximum absolute atomic E-state index is 11.9. The third-order valence-corrected chi connectivity index (χ3v) is 3.70. The van der Waals surface area contributed by atoms with Crippen LogP contribution in [0.5, 0.6) is 11.5 Å². The van der Waals surface area contributed by atoms with Crippen molar-refractivity contribution in [1.29, 1.82) is 0 Å². The van der Waals surface area contributed by atoms with Gasteiger partial charge in [-0.15, -0.1) is 0 Å². The number of nitrogens with zero attached hydrogens (tertiary/aromatic N) is 1. The van der Waals surface area contributed by atoms with Gasteiger partial charge in [0.15, 0.2) is 0 Å². The fourth-order valence-electron chi connectivity index (χ4n) is 2.25. The number of hydrogen-bond acceptors (Lipinski definition) is 4. The molecule has 0 radical (unpaired) electrons. The number of carbonyl (C=O) groups excluding carboxylic acids is 1. The zero-order valence-electron chi connectivity index (χ0n) is 14.1. The van der Waals surface area contributed by atoms with Crippen LogP contribution in [0.25, 0.3) is 0 Å². The molecule has 5 heteroatoms. The maximum Gasteiger partial charge on any atom is 0.220 e. The van der Waals surface area contributed by atoms with Crippen LogP contribution in [0, 0.1) is 0 Å². The molecule has 0 aliphatic heterocycles. The highest BCUT2D eigenvalue weighted by atomic mass is 16.5. The summed E-state index contributed by atoms with van der Waals surface area (Å²) in [5.41, 5.74) is 1.04. The molecule has 0 aromatic heterocycles. The largest absolute Gasteiger partial charge is 0.497 e. The highest BCUT2D eigenvalue weighted by molar-refractivity contribution is 5.76. The van der Waals surface area contributed by atoms with Crippen LogP contribution in [0.15, 0.2) is 18.2 Å². The monoisotopic (exact) mass is 308 g/mol. The second-order valence-electron chi connectivity index (χ2n) is 5.10. The van der Waals surface area contributed by atoms with E-state index in [1.807, 2.05) is 18.2 Å². The first-order valence-electron chi connectivity index (χ1n) is 7.83. The summed E-state index contributed by atoms with van der Waals surface area (Å²) < 4.78 is 10.5. The lowest BCUT2D eigenvalue weighted by molar-refractivity contribution is -0.121. The molecule has 1 amide bonds. The lowest BCUT2D eigenvalue weighted by Crippen LogP contribution is -2.34. The van der Waals surface area contributed by atoms with E-state index in [1.54, 1.807) is 14.2 Å². The van der Waals surface area contributed by atoms with E-state index in [1.165, 1.54) is 0 Å². The summed E-state index contributed by atoms with van der Waals surface area (Å²) >= 11 is 0. The summed E-state index contributed by atoms with van der Waals surface area (Å²) in [6.07, 6.45) is 1.14. The molecule has 1 aromatic rings. The number of ether oxygens (including phenoxy) is 2. The van der Waals surface area contributed by atoms with E-state index in [4.69, 9.17) is 9.47 Å². The Balaban J connectivity index is 2.40. The van der Waals surface area contributed by atoms with Crippen molar-refractivity contribution in [2.24, 2.45) is 0 Å². The molecular weight excluding hydrogens is 280 g/mol. The van der Waals surface area contributed by atoms with Crippen LogP contribution >= 0.6 is 0 Å². The van der Waals surface area contributed by atoms with Gasteiger partial charge in [0.25, 0.3) is 0 Å². The quantitative estimate of drug-likeness (QED) is 0.719. The number of nitrogens with one attached hydrogen (secondary N) is 1. The van der Waals surface area contributed by atoms with Crippen molar-refractivity contribution >= 4 is 5.91 Å². The fourth-order valence-corrected chi connectivity index (χ4v) is 2.25. The van der Waals surface area contributed by atoms with Crippen molar-refractivity contribution in [3.8, 4) is 11.5 Å².